The number of phenolic OH excluding ortho intramolecular Hbond substituents is 1. The first-order valence-electron chi connectivity index (χ1n) is 8.71. The van der Waals surface area contributed by atoms with Gasteiger partial charge in [0, 0.05) is 24.7 Å². The maximum Gasteiger partial charge on any atom is 0.151 e. The molecule has 1 aliphatic heterocycles. The molecule has 2 heterocycles. The zero-order valence-corrected chi connectivity index (χ0v) is 14.7. The molecule has 2 N–H and O–H groups in total. The number of nitrogens with zero attached hydrogens (tertiary/aromatic N) is 3. The van der Waals surface area contributed by atoms with Crippen molar-refractivity contribution in [3.63, 3.8) is 0 Å². The summed E-state index contributed by atoms with van der Waals surface area (Å²) in [6.45, 7) is 9.09. The Hall–Kier alpha value is -2.14. The van der Waals surface area contributed by atoms with Crippen LogP contribution in [0.15, 0.2) is 24.3 Å². The molecule has 1 atom stereocenters. The van der Waals surface area contributed by atoms with Crippen LogP contribution in [0.2, 0.25) is 0 Å². The van der Waals surface area contributed by atoms with Gasteiger partial charge in [-0.15, -0.1) is 10.2 Å². The van der Waals surface area contributed by atoms with Gasteiger partial charge in [0.1, 0.15) is 5.75 Å². The van der Waals surface area contributed by atoms with Crippen LogP contribution in [0.25, 0.3) is 11.3 Å². The summed E-state index contributed by atoms with van der Waals surface area (Å²) in [5.74, 6) is 1.17. The molecule has 0 saturated carbocycles. The fourth-order valence-electron chi connectivity index (χ4n) is 3.55. The van der Waals surface area contributed by atoms with Crippen molar-refractivity contribution in [1.29, 1.82) is 0 Å². The van der Waals surface area contributed by atoms with Gasteiger partial charge in [0.2, 0.25) is 0 Å². The van der Waals surface area contributed by atoms with Crippen LogP contribution in [0.1, 0.15) is 30.9 Å². The van der Waals surface area contributed by atoms with E-state index in [1.54, 1.807) is 6.07 Å². The lowest BCUT2D eigenvalue weighted by Gasteiger charge is -2.33. The van der Waals surface area contributed by atoms with Gasteiger partial charge in [-0.3, -0.25) is 0 Å². The topological polar surface area (TPSA) is 61.3 Å². The summed E-state index contributed by atoms with van der Waals surface area (Å²) in [5.41, 5.74) is 3.54. The lowest BCUT2D eigenvalue weighted by atomic mass is 10.0. The first-order valence-corrected chi connectivity index (χ1v) is 8.71. The van der Waals surface area contributed by atoms with Crippen molar-refractivity contribution in [2.75, 3.05) is 24.5 Å². The summed E-state index contributed by atoms with van der Waals surface area (Å²) in [7, 11) is 0. The van der Waals surface area contributed by atoms with Gasteiger partial charge in [-0.2, -0.15) is 0 Å². The van der Waals surface area contributed by atoms with Gasteiger partial charge in [-0.1, -0.05) is 13.0 Å². The summed E-state index contributed by atoms with van der Waals surface area (Å²) in [4.78, 5) is 2.29. The second-order valence-corrected chi connectivity index (χ2v) is 6.60. The van der Waals surface area contributed by atoms with Crippen molar-refractivity contribution in [2.24, 2.45) is 0 Å². The SMILES string of the molecule is CCN[C@H]1CCCN(c2ccc(-c3c(C)cc(C)cc3O)nn2)C1. The highest BCUT2D eigenvalue weighted by molar-refractivity contribution is 5.71. The number of piperidine rings is 1. The van der Waals surface area contributed by atoms with Crippen molar-refractivity contribution < 1.29 is 5.11 Å². The fourth-order valence-corrected chi connectivity index (χ4v) is 3.55. The minimum atomic E-state index is 0.264. The number of benzene rings is 1. The lowest BCUT2D eigenvalue weighted by Crippen LogP contribution is -2.46. The number of nitrogens with one attached hydrogen (secondary N) is 1. The molecule has 1 fully saturated rings. The molecule has 0 amide bonds. The number of aromatic hydroxyl groups is 1. The Labute approximate surface area is 143 Å². The van der Waals surface area contributed by atoms with Gasteiger partial charge in [-0.05, 0) is 62.6 Å². The van der Waals surface area contributed by atoms with E-state index in [0.29, 0.717) is 11.7 Å². The zero-order valence-electron chi connectivity index (χ0n) is 14.7. The lowest BCUT2D eigenvalue weighted by molar-refractivity contribution is 0.429. The van der Waals surface area contributed by atoms with E-state index in [1.165, 1.54) is 12.8 Å². The Morgan fingerprint density at radius 1 is 1.25 bits per heavy atom. The van der Waals surface area contributed by atoms with Gasteiger partial charge in [0.05, 0.1) is 5.69 Å². The quantitative estimate of drug-likeness (QED) is 0.904. The van der Waals surface area contributed by atoms with Gasteiger partial charge in [0.15, 0.2) is 5.82 Å². The Bertz CT molecular complexity index is 674. The Morgan fingerprint density at radius 3 is 2.75 bits per heavy atom. The first-order chi connectivity index (χ1) is 11.6. The Morgan fingerprint density at radius 2 is 2.08 bits per heavy atom. The number of rotatable bonds is 4. The van der Waals surface area contributed by atoms with Gasteiger partial charge >= 0.3 is 0 Å². The smallest absolute Gasteiger partial charge is 0.151 e. The Kier molecular flexibility index (Phi) is 5.00. The summed E-state index contributed by atoms with van der Waals surface area (Å²) in [5, 5.41) is 22.6. The molecule has 0 aliphatic carbocycles. The van der Waals surface area contributed by atoms with E-state index in [4.69, 9.17) is 0 Å². The molecule has 5 heteroatoms. The van der Waals surface area contributed by atoms with Crippen molar-refractivity contribution in [3.8, 4) is 17.0 Å². The van der Waals surface area contributed by atoms with E-state index in [0.717, 1.165) is 42.1 Å². The van der Waals surface area contributed by atoms with Crippen LogP contribution in [0, 0.1) is 13.8 Å². The standard InChI is InChI=1S/C19H26N4O/c1-4-20-15-6-5-9-23(12-15)18-8-7-16(21-22-18)19-14(3)10-13(2)11-17(19)24/h7-8,10-11,15,20,24H,4-6,9,12H2,1-3H3/t15-/m0/s1. The normalized spacial score (nSPS) is 18.0. The molecule has 0 unspecified atom stereocenters. The van der Waals surface area contributed by atoms with Crippen LogP contribution in [0.4, 0.5) is 5.82 Å². The third-order valence-corrected chi connectivity index (χ3v) is 4.60. The van der Waals surface area contributed by atoms with E-state index in [9.17, 15) is 5.11 Å². The number of phenols is 1. The number of hydrogen-bond donors (Lipinski definition) is 2. The zero-order chi connectivity index (χ0) is 17.1. The number of likely N-dealkylation sites (N-methyl/N-ethyl adjacent to an activating group) is 1. The van der Waals surface area contributed by atoms with Crippen LogP contribution < -0.4 is 10.2 Å². The van der Waals surface area contributed by atoms with Crippen LogP contribution in [-0.4, -0.2) is 41.0 Å². The largest absolute Gasteiger partial charge is 0.507 e. The second kappa shape index (κ2) is 7.18. The molecule has 1 aliphatic rings. The highest BCUT2D eigenvalue weighted by atomic mass is 16.3. The molecule has 24 heavy (non-hydrogen) atoms. The summed E-state index contributed by atoms with van der Waals surface area (Å²) in [6, 6.07) is 8.31. The number of aromatic nitrogens is 2. The third-order valence-electron chi connectivity index (χ3n) is 4.60. The van der Waals surface area contributed by atoms with Crippen LogP contribution in [0.5, 0.6) is 5.75 Å². The summed E-state index contributed by atoms with van der Waals surface area (Å²) in [6.07, 6.45) is 2.38. The maximum atomic E-state index is 10.3. The molecule has 1 saturated heterocycles. The molecule has 0 spiro atoms. The van der Waals surface area contributed by atoms with Gasteiger partial charge in [-0.25, -0.2) is 0 Å². The molecule has 3 rings (SSSR count). The number of aryl methyl sites for hydroxylation is 2. The first kappa shape index (κ1) is 16.7. The molecule has 1 aromatic carbocycles. The molecular weight excluding hydrogens is 300 g/mol. The summed E-state index contributed by atoms with van der Waals surface area (Å²) < 4.78 is 0. The fraction of sp³-hybridized carbons (Fsp3) is 0.474. The van der Waals surface area contributed by atoms with E-state index in [2.05, 4.69) is 33.4 Å². The van der Waals surface area contributed by atoms with Crippen LogP contribution in [-0.2, 0) is 0 Å². The Balaban J connectivity index is 1.81. The van der Waals surface area contributed by atoms with Crippen molar-refractivity contribution in [2.45, 2.75) is 39.7 Å². The van der Waals surface area contributed by atoms with E-state index in [-0.39, 0.29) is 5.75 Å². The van der Waals surface area contributed by atoms with Crippen molar-refractivity contribution in [1.82, 2.24) is 15.5 Å². The third kappa shape index (κ3) is 3.51. The molecule has 5 nitrogen and oxygen atoms in total. The average molecular weight is 326 g/mol. The molecule has 0 radical (unpaired) electrons. The molecule has 1 aromatic heterocycles. The van der Waals surface area contributed by atoms with Crippen LogP contribution >= 0.6 is 0 Å². The van der Waals surface area contributed by atoms with E-state index in [1.807, 2.05) is 26.0 Å². The van der Waals surface area contributed by atoms with Crippen LogP contribution in [0.3, 0.4) is 0 Å². The van der Waals surface area contributed by atoms with E-state index >= 15 is 0 Å². The predicted octanol–water partition coefficient (Wildman–Crippen LogP) is 3.04. The minimum absolute atomic E-state index is 0.264. The predicted molar refractivity (Wildman–Crippen MR) is 97.5 cm³/mol. The van der Waals surface area contributed by atoms with E-state index < -0.39 is 0 Å². The van der Waals surface area contributed by atoms with Gasteiger partial charge in [0.25, 0.3) is 0 Å². The number of anilines is 1. The number of hydrogen-bond acceptors (Lipinski definition) is 5. The highest BCUT2D eigenvalue weighted by Gasteiger charge is 2.20. The molecular formula is C19H26N4O. The minimum Gasteiger partial charge on any atom is -0.507 e. The highest BCUT2D eigenvalue weighted by Crippen LogP contribution is 2.32. The molecule has 2 aromatic rings. The monoisotopic (exact) mass is 326 g/mol. The average Bonchev–Trinajstić information content (AvgIpc) is 2.55. The van der Waals surface area contributed by atoms with Gasteiger partial charge < -0.3 is 15.3 Å². The maximum absolute atomic E-state index is 10.3. The second-order valence-electron chi connectivity index (χ2n) is 6.60. The molecule has 128 valence electrons. The molecule has 0 bridgehead atoms. The van der Waals surface area contributed by atoms with Crippen molar-refractivity contribution in [3.05, 3.63) is 35.4 Å². The summed E-state index contributed by atoms with van der Waals surface area (Å²) >= 11 is 0. The van der Waals surface area contributed by atoms with Crippen molar-refractivity contribution >= 4 is 5.82 Å².